The van der Waals surface area contributed by atoms with E-state index in [0.717, 1.165) is 0 Å². The molecule has 0 radical (unpaired) electrons. The zero-order valence-corrected chi connectivity index (χ0v) is 12.1. The van der Waals surface area contributed by atoms with E-state index in [9.17, 15) is 9.59 Å². The Bertz CT molecular complexity index is 489. The molecule has 1 aromatic carbocycles. The van der Waals surface area contributed by atoms with E-state index in [1.54, 1.807) is 18.2 Å². The molecule has 0 aromatic heterocycles. The van der Waals surface area contributed by atoms with Crippen molar-refractivity contribution in [3.05, 3.63) is 33.8 Å². The molecule has 104 valence electrons. The molecule has 0 aliphatic heterocycles. The van der Waals surface area contributed by atoms with E-state index in [1.807, 2.05) is 13.8 Å². The van der Waals surface area contributed by atoms with Gasteiger partial charge >= 0.3 is 5.97 Å². The molecule has 1 rings (SSSR count). The van der Waals surface area contributed by atoms with E-state index in [-0.39, 0.29) is 27.9 Å². The number of carbonyl (C=O) groups is 2. The topological polar surface area (TPSA) is 66.4 Å². The van der Waals surface area contributed by atoms with Crippen LogP contribution in [-0.4, -0.2) is 23.0 Å². The molecule has 2 N–H and O–H groups in total. The molecular formula is C13H15Cl2NO3. The van der Waals surface area contributed by atoms with Crippen LogP contribution in [0.25, 0.3) is 0 Å². The quantitative estimate of drug-likeness (QED) is 0.877. The number of halogens is 2. The lowest BCUT2D eigenvalue weighted by molar-refractivity contribution is -0.137. The molecule has 0 aliphatic rings. The Balaban J connectivity index is 2.88. The van der Waals surface area contributed by atoms with E-state index in [2.05, 4.69) is 5.32 Å². The molecule has 0 fully saturated rings. The third kappa shape index (κ3) is 4.40. The summed E-state index contributed by atoms with van der Waals surface area (Å²) >= 11 is 11.8. The van der Waals surface area contributed by atoms with Crippen molar-refractivity contribution in [2.75, 3.05) is 0 Å². The van der Waals surface area contributed by atoms with Crippen LogP contribution in [0.2, 0.25) is 10.0 Å². The maximum Gasteiger partial charge on any atom is 0.305 e. The van der Waals surface area contributed by atoms with Crippen molar-refractivity contribution in [2.24, 2.45) is 5.92 Å². The fourth-order valence-electron chi connectivity index (χ4n) is 1.57. The monoisotopic (exact) mass is 303 g/mol. The highest BCUT2D eigenvalue weighted by Gasteiger charge is 2.21. The van der Waals surface area contributed by atoms with Crippen LogP contribution in [0.15, 0.2) is 18.2 Å². The van der Waals surface area contributed by atoms with Crippen molar-refractivity contribution in [2.45, 2.75) is 26.3 Å². The summed E-state index contributed by atoms with van der Waals surface area (Å²) in [6.07, 6.45) is -0.137. The number of carboxylic acid groups (broad SMARTS) is 1. The van der Waals surface area contributed by atoms with Gasteiger partial charge in [0.15, 0.2) is 0 Å². The predicted octanol–water partition coefficient (Wildman–Crippen LogP) is 3.22. The second kappa shape index (κ2) is 6.78. The van der Waals surface area contributed by atoms with Gasteiger partial charge in [-0.2, -0.15) is 0 Å². The molecule has 6 heteroatoms. The average Bonchev–Trinajstić information content (AvgIpc) is 2.31. The lowest BCUT2D eigenvalue weighted by atomic mass is 10.0. The standard InChI is InChI=1S/C13H15Cl2NO3/c1-7(2)10(6-11(17)18)16-13(19)8-4-3-5-9(14)12(8)15/h3-5,7,10H,6H2,1-2H3,(H,16,19)(H,17,18). The average molecular weight is 304 g/mol. The Kier molecular flexibility index (Phi) is 5.63. The molecule has 1 aromatic rings. The number of rotatable bonds is 5. The van der Waals surface area contributed by atoms with Crippen molar-refractivity contribution in [1.29, 1.82) is 0 Å². The number of hydrogen-bond acceptors (Lipinski definition) is 2. The summed E-state index contributed by atoms with van der Waals surface area (Å²) < 4.78 is 0. The van der Waals surface area contributed by atoms with Crippen molar-refractivity contribution in [1.82, 2.24) is 5.32 Å². The zero-order chi connectivity index (χ0) is 14.6. The molecule has 0 spiro atoms. The first-order valence-corrected chi connectivity index (χ1v) is 6.55. The molecule has 1 atom stereocenters. The molecule has 0 aliphatic carbocycles. The van der Waals surface area contributed by atoms with Crippen molar-refractivity contribution < 1.29 is 14.7 Å². The van der Waals surface area contributed by atoms with Crippen molar-refractivity contribution in [3.63, 3.8) is 0 Å². The van der Waals surface area contributed by atoms with E-state index >= 15 is 0 Å². The van der Waals surface area contributed by atoms with Crippen LogP contribution in [0.1, 0.15) is 30.6 Å². The van der Waals surface area contributed by atoms with Crippen LogP contribution in [0.3, 0.4) is 0 Å². The van der Waals surface area contributed by atoms with Crippen LogP contribution in [0.4, 0.5) is 0 Å². The highest BCUT2D eigenvalue weighted by atomic mass is 35.5. The minimum absolute atomic E-state index is 0.00184. The van der Waals surface area contributed by atoms with E-state index in [4.69, 9.17) is 28.3 Å². The van der Waals surface area contributed by atoms with Crippen LogP contribution in [0, 0.1) is 5.92 Å². The van der Waals surface area contributed by atoms with Crippen molar-refractivity contribution >= 4 is 35.1 Å². The summed E-state index contributed by atoms with van der Waals surface area (Å²) in [6.45, 7) is 3.68. The number of amides is 1. The summed E-state index contributed by atoms with van der Waals surface area (Å²) in [5.41, 5.74) is 0.241. The highest BCUT2D eigenvalue weighted by molar-refractivity contribution is 6.43. The van der Waals surface area contributed by atoms with E-state index in [0.29, 0.717) is 0 Å². The van der Waals surface area contributed by atoms with Gasteiger partial charge in [-0.3, -0.25) is 9.59 Å². The Hall–Kier alpha value is -1.26. The third-order valence-corrected chi connectivity index (χ3v) is 3.53. The second-order valence-electron chi connectivity index (χ2n) is 4.52. The lowest BCUT2D eigenvalue weighted by Gasteiger charge is -2.21. The normalized spacial score (nSPS) is 12.3. The fourth-order valence-corrected chi connectivity index (χ4v) is 1.95. The lowest BCUT2D eigenvalue weighted by Crippen LogP contribution is -2.40. The smallest absolute Gasteiger partial charge is 0.305 e. The summed E-state index contributed by atoms with van der Waals surface area (Å²) in [4.78, 5) is 22.8. The number of nitrogens with one attached hydrogen (secondary N) is 1. The number of carbonyl (C=O) groups excluding carboxylic acids is 1. The molecular weight excluding hydrogens is 289 g/mol. The first kappa shape index (κ1) is 15.8. The first-order chi connectivity index (χ1) is 8.82. The molecule has 19 heavy (non-hydrogen) atoms. The van der Waals surface area contributed by atoms with Crippen LogP contribution >= 0.6 is 23.2 Å². The summed E-state index contributed by atoms with van der Waals surface area (Å²) in [5, 5.41) is 11.9. The second-order valence-corrected chi connectivity index (χ2v) is 5.31. The van der Waals surface area contributed by atoms with Gasteiger partial charge in [0, 0.05) is 6.04 Å². The van der Waals surface area contributed by atoms with Gasteiger partial charge in [0.1, 0.15) is 0 Å². The SMILES string of the molecule is CC(C)C(CC(=O)O)NC(=O)c1cccc(Cl)c1Cl. The minimum atomic E-state index is -0.962. The summed E-state index contributed by atoms with van der Waals surface area (Å²) in [5.74, 6) is -1.39. The molecule has 1 amide bonds. The van der Waals surface area contributed by atoms with E-state index in [1.165, 1.54) is 0 Å². The number of aliphatic carboxylic acids is 1. The van der Waals surface area contributed by atoms with Crippen LogP contribution in [-0.2, 0) is 4.79 Å². The number of hydrogen-bond donors (Lipinski definition) is 2. The third-order valence-electron chi connectivity index (χ3n) is 2.71. The first-order valence-electron chi connectivity index (χ1n) is 5.79. The van der Waals surface area contributed by atoms with Gasteiger partial charge in [0.05, 0.1) is 22.0 Å². The maximum absolute atomic E-state index is 12.1. The molecule has 0 saturated carbocycles. The molecule has 1 unspecified atom stereocenters. The van der Waals surface area contributed by atoms with Crippen LogP contribution in [0.5, 0.6) is 0 Å². The molecule has 4 nitrogen and oxygen atoms in total. The van der Waals surface area contributed by atoms with Gasteiger partial charge in [0.25, 0.3) is 5.91 Å². The molecule has 0 heterocycles. The Morgan fingerprint density at radius 2 is 1.95 bits per heavy atom. The van der Waals surface area contributed by atoms with Gasteiger partial charge in [-0.05, 0) is 18.1 Å². The fraction of sp³-hybridized carbons (Fsp3) is 0.385. The largest absolute Gasteiger partial charge is 0.481 e. The van der Waals surface area contributed by atoms with Gasteiger partial charge < -0.3 is 10.4 Å². The summed E-state index contributed by atoms with van der Waals surface area (Å²) in [6, 6.07) is 4.28. The predicted molar refractivity (Wildman–Crippen MR) is 74.8 cm³/mol. The highest BCUT2D eigenvalue weighted by Crippen LogP contribution is 2.25. The van der Waals surface area contributed by atoms with Gasteiger partial charge in [0.2, 0.25) is 0 Å². The van der Waals surface area contributed by atoms with Crippen LogP contribution < -0.4 is 5.32 Å². The van der Waals surface area contributed by atoms with Gasteiger partial charge in [-0.25, -0.2) is 0 Å². The summed E-state index contributed by atoms with van der Waals surface area (Å²) in [7, 11) is 0. The minimum Gasteiger partial charge on any atom is -0.481 e. The van der Waals surface area contributed by atoms with Gasteiger partial charge in [-0.1, -0.05) is 43.1 Å². The number of benzene rings is 1. The Morgan fingerprint density at radius 1 is 1.32 bits per heavy atom. The van der Waals surface area contributed by atoms with Crippen molar-refractivity contribution in [3.8, 4) is 0 Å². The Morgan fingerprint density at radius 3 is 2.47 bits per heavy atom. The van der Waals surface area contributed by atoms with E-state index < -0.39 is 17.9 Å². The zero-order valence-electron chi connectivity index (χ0n) is 10.6. The number of carboxylic acids is 1. The van der Waals surface area contributed by atoms with Gasteiger partial charge in [-0.15, -0.1) is 0 Å². The maximum atomic E-state index is 12.1. The Labute approximate surface area is 121 Å². The molecule has 0 saturated heterocycles. The molecule has 0 bridgehead atoms.